The fourth-order valence-electron chi connectivity index (χ4n) is 7.82. The van der Waals surface area contributed by atoms with Gasteiger partial charge in [0.15, 0.2) is 0 Å². The van der Waals surface area contributed by atoms with E-state index in [1.54, 1.807) is 45.5 Å². The number of ether oxygens (including phenoxy) is 2. The fourth-order valence-corrected chi connectivity index (χ4v) is 8.42. The topological polar surface area (TPSA) is 129 Å². The molecule has 2 aromatic carbocycles. The first-order chi connectivity index (χ1) is 25.6. The Hall–Kier alpha value is -4.26. The third-order valence-corrected chi connectivity index (χ3v) is 11.4. The second-order valence-corrected chi connectivity index (χ2v) is 15.2. The van der Waals surface area contributed by atoms with Gasteiger partial charge < -0.3 is 30.1 Å². The Morgan fingerprint density at radius 1 is 0.925 bits per heavy atom. The van der Waals surface area contributed by atoms with E-state index in [1.807, 2.05) is 41.3 Å². The Bertz CT molecular complexity index is 2010. The lowest BCUT2D eigenvalue weighted by Gasteiger charge is -2.60. The maximum absolute atomic E-state index is 13.4. The van der Waals surface area contributed by atoms with Crippen LogP contribution in [0.1, 0.15) is 54.2 Å². The molecule has 278 valence electrons. The van der Waals surface area contributed by atoms with Gasteiger partial charge in [-0.25, -0.2) is 4.98 Å². The molecule has 2 amide bonds. The number of aliphatic hydroxyl groups is 1. The largest absolute Gasteiger partial charge is 0.496 e. The number of benzene rings is 2. The third-order valence-electron chi connectivity index (χ3n) is 10.6. The van der Waals surface area contributed by atoms with Gasteiger partial charge in [0, 0.05) is 97.7 Å². The van der Waals surface area contributed by atoms with Crippen LogP contribution in [0, 0.1) is 5.41 Å². The molecule has 1 saturated carbocycles. The van der Waals surface area contributed by atoms with Crippen LogP contribution in [0.4, 0.5) is 5.69 Å². The summed E-state index contributed by atoms with van der Waals surface area (Å²) in [5, 5.41) is 17.4. The number of aliphatic hydroxyl groups excluding tert-OH is 1. The Kier molecular flexibility index (Phi) is 10.9. The summed E-state index contributed by atoms with van der Waals surface area (Å²) in [4.78, 5) is 38.5. The third kappa shape index (κ3) is 7.72. The zero-order chi connectivity index (χ0) is 37.3. The number of hydrogen-bond donors (Lipinski definition) is 3. The number of methoxy groups -OCH3 is 2. The molecule has 0 radical (unpaired) electrons. The van der Waals surface area contributed by atoms with Crippen LogP contribution in [-0.4, -0.2) is 89.2 Å². The van der Waals surface area contributed by atoms with Crippen molar-refractivity contribution in [3.8, 4) is 34.0 Å². The van der Waals surface area contributed by atoms with Crippen molar-refractivity contribution in [1.29, 1.82) is 0 Å². The van der Waals surface area contributed by atoms with Gasteiger partial charge >= 0.3 is 0 Å². The lowest BCUT2D eigenvalue weighted by molar-refractivity contribution is -0.157. The number of rotatable bonds is 11. The maximum Gasteiger partial charge on any atom is 0.274 e. The molecule has 1 aliphatic carbocycles. The van der Waals surface area contributed by atoms with E-state index in [9.17, 15) is 14.7 Å². The molecule has 2 aromatic heterocycles. The van der Waals surface area contributed by atoms with E-state index in [-0.39, 0.29) is 29.2 Å². The van der Waals surface area contributed by atoms with Gasteiger partial charge in [0.1, 0.15) is 11.4 Å². The van der Waals surface area contributed by atoms with Crippen LogP contribution in [0.3, 0.4) is 0 Å². The number of halogens is 2. The van der Waals surface area contributed by atoms with Crippen molar-refractivity contribution in [2.45, 2.75) is 57.8 Å². The second kappa shape index (κ2) is 15.6. The zero-order valence-corrected chi connectivity index (χ0v) is 31.6. The highest BCUT2D eigenvalue weighted by molar-refractivity contribution is 6.39. The van der Waals surface area contributed by atoms with Crippen LogP contribution < -0.4 is 20.1 Å². The lowest BCUT2D eigenvalue weighted by atomic mass is 9.72. The van der Waals surface area contributed by atoms with Gasteiger partial charge in [0.25, 0.3) is 5.91 Å². The average molecular weight is 760 g/mol. The Balaban J connectivity index is 1.04. The number of amides is 2. The number of likely N-dealkylation sites (tertiary alicyclic amines) is 2. The minimum absolute atomic E-state index is 0.0171. The molecule has 7 rings (SSSR count). The normalized spacial score (nSPS) is 19.3. The van der Waals surface area contributed by atoms with E-state index in [0.717, 1.165) is 63.0 Å². The highest BCUT2D eigenvalue weighted by Crippen LogP contribution is 2.43. The molecular weight excluding hydrogens is 715 g/mol. The first-order valence-electron chi connectivity index (χ1n) is 17.9. The standard InChI is InChI=1S/C40H44Cl2N6O5/c1-24(49)48-22-40(23-48)20-47(21-40)19-25-14-15-30(46-39(25)53-3)29-10-6-8-27(36(29)41)28-9-7-12-32(37(28)42)45-38(51)33-16-35(52-2)26(18-44-33)17-43-31-11-4-5-13-34(31)50/h6-10,12,14-16,18,31,34,43,50H,4-5,11,13,17,19-23H2,1-3H3,(H,45,51)/t31-,34+/m1/s1. The summed E-state index contributed by atoms with van der Waals surface area (Å²) in [5.74, 6) is 0.746. The first-order valence-corrected chi connectivity index (χ1v) is 18.7. The van der Waals surface area contributed by atoms with E-state index in [0.29, 0.717) is 62.8 Å². The number of anilines is 1. The number of pyridine rings is 2. The summed E-state index contributed by atoms with van der Waals surface area (Å²) in [6.07, 6.45) is 5.06. The van der Waals surface area contributed by atoms with Gasteiger partial charge in [-0.3, -0.25) is 19.5 Å². The lowest BCUT2D eigenvalue weighted by Crippen LogP contribution is -2.72. The quantitative estimate of drug-likeness (QED) is 0.158. The van der Waals surface area contributed by atoms with Crippen LogP contribution in [0.2, 0.25) is 10.0 Å². The van der Waals surface area contributed by atoms with Crippen molar-refractivity contribution in [2.75, 3.05) is 45.7 Å². The summed E-state index contributed by atoms with van der Waals surface area (Å²) in [6.45, 7) is 6.32. The maximum atomic E-state index is 13.4. The minimum atomic E-state index is -0.445. The monoisotopic (exact) mass is 758 g/mol. The van der Waals surface area contributed by atoms with E-state index in [2.05, 4.69) is 20.5 Å². The van der Waals surface area contributed by atoms with Gasteiger partial charge in [0.05, 0.1) is 41.8 Å². The minimum Gasteiger partial charge on any atom is -0.496 e. The van der Waals surface area contributed by atoms with Gasteiger partial charge in [-0.15, -0.1) is 0 Å². The van der Waals surface area contributed by atoms with Gasteiger partial charge in [-0.2, -0.15) is 0 Å². The average Bonchev–Trinajstić information content (AvgIpc) is 3.12. The SMILES string of the molecule is COc1cc(C(=O)Nc2cccc(-c3cccc(-c4ccc(CN5CC6(C5)CN(C(C)=O)C6)c(OC)n4)c3Cl)c2Cl)ncc1CN[C@@H]1CCCC[C@@H]1O. The van der Waals surface area contributed by atoms with Crippen LogP contribution in [0.5, 0.6) is 11.6 Å². The summed E-state index contributed by atoms with van der Waals surface area (Å²) in [5.41, 5.74) is 5.25. The molecule has 3 aliphatic rings. The van der Waals surface area contributed by atoms with E-state index < -0.39 is 5.91 Å². The van der Waals surface area contributed by atoms with Crippen molar-refractivity contribution in [3.05, 3.63) is 87.7 Å². The van der Waals surface area contributed by atoms with Crippen molar-refractivity contribution in [2.24, 2.45) is 5.41 Å². The molecule has 3 N–H and O–H groups in total. The molecule has 13 heteroatoms. The summed E-state index contributed by atoms with van der Waals surface area (Å²) < 4.78 is 11.3. The number of carbonyl (C=O) groups is 2. The van der Waals surface area contributed by atoms with E-state index in [4.69, 9.17) is 37.7 Å². The van der Waals surface area contributed by atoms with E-state index in [1.165, 1.54) is 0 Å². The first kappa shape index (κ1) is 37.1. The fraction of sp³-hybridized carbons (Fsp3) is 0.400. The molecule has 2 atom stereocenters. The van der Waals surface area contributed by atoms with Gasteiger partial charge in [-0.05, 0) is 25.0 Å². The number of hydrogen-bond acceptors (Lipinski definition) is 9. The van der Waals surface area contributed by atoms with Crippen LogP contribution in [-0.2, 0) is 17.9 Å². The Labute approximate surface area is 319 Å². The highest BCUT2D eigenvalue weighted by Gasteiger charge is 2.52. The molecule has 1 spiro atoms. The molecule has 0 bridgehead atoms. The van der Waals surface area contributed by atoms with Crippen LogP contribution >= 0.6 is 23.2 Å². The molecular formula is C40H44Cl2N6O5. The zero-order valence-electron chi connectivity index (χ0n) is 30.1. The molecule has 53 heavy (non-hydrogen) atoms. The van der Waals surface area contributed by atoms with Crippen molar-refractivity contribution < 1.29 is 24.2 Å². The van der Waals surface area contributed by atoms with Gasteiger partial charge in [0.2, 0.25) is 11.8 Å². The number of aromatic nitrogens is 2. The van der Waals surface area contributed by atoms with Crippen LogP contribution in [0.15, 0.2) is 60.8 Å². The summed E-state index contributed by atoms with van der Waals surface area (Å²) in [6, 6.07) is 16.6. The van der Waals surface area contributed by atoms with Crippen molar-refractivity contribution >= 4 is 40.7 Å². The molecule has 0 unspecified atom stereocenters. The molecule has 11 nitrogen and oxygen atoms in total. The molecule has 4 heterocycles. The molecule has 2 saturated heterocycles. The number of nitrogens with zero attached hydrogens (tertiary/aromatic N) is 4. The predicted octanol–water partition coefficient (Wildman–Crippen LogP) is 6.44. The summed E-state index contributed by atoms with van der Waals surface area (Å²) in [7, 11) is 3.17. The Morgan fingerprint density at radius 3 is 2.36 bits per heavy atom. The van der Waals surface area contributed by atoms with Gasteiger partial charge in [-0.1, -0.05) is 72.4 Å². The smallest absolute Gasteiger partial charge is 0.274 e. The van der Waals surface area contributed by atoms with E-state index >= 15 is 0 Å². The number of nitrogens with one attached hydrogen (secondary N) is 2. The highest BCUT2D eigenvalue weighted by atomic mass is 35.5. The second-order valence-electron chi connectivity index (χ2n) is 14.4. The Morgan fingerprint density at radius 2 is 1.64 bits per heavy atom. The predicted molar refractivity (Wildman–Crippen MR) is 205 cm³/mol. The van der Waals surface area contributed by atoms with Crippen molar-refractivity contribution in [3.63, 3.8) is 0 Å². The van der Waals surface area contributed by atoms with Crippen LogP contribution in [0.25, 0.3) is 22.4 Å². The molecule has 2 aliphatic heterocycles. The summed E-state index contributed by atoms with van der Waals surface area (Å²) >= 11 is 14.0. The molecule has 3 fully saturated rings. The number of carbonyl (C=O) groups excluding carboxylic acids is 2. The molecule has 4 aromatic rings. The van der Waals surface area contributed by atoms with Crippen molar-refractivity contribution in [1.82, 2.24) is 25.1 Å².